The van der Waals surface area contributed by atoms with Crippen LogP contribution in [-0.2, 0) is 16.6 Å². The van der Waals surface area contributed by atoms with Gasteiger partial charge in [-0.2, -0.15) is 0 Å². The summed E-state index contributed by atoms with van der Waals surface area (Å²) >= 11 is 0. The lowest BCUT2D eigenvalue weighted by atomic mass is 9.99. The maximum absolute atomic E-state index is 14.3. The molecule has 1 heterocycles. The molecule has 2 aromatic carbocycles. The minimum Gasteiger partial charge on any atom is -0.406 e. The monoisotopic (exact) mass is 450 g/mol. The van der Waals surface area contributed by atoms with Gasteiger partial charge in [-0.3, -0.25) is 0 Å². The van der Waals surface area contributed by atoms with Crippen LogP contribution in [0.3, 0.4) is 0 Å². The van der Waals surface area contributed by atoms with Crippen molar-refractivity contribution in [2.45, 2.75) is 17.9 Å². The molecule has 0 saturated carbocycles. The number of primary sulfonamides is 1. The van der Waals surface area contributed by atoms with Gasteiger partial charge in [-0.1, -0.05) is 17.3 Å². The number of aliphatic hydroxyl groups is 1. The first-order chi connectivity index (χ1) is 13.9. The summed E-state index contributed by atoms with van der Waals surface area (Å²) in [6.07, 6.45) is -4.96. The second-order valence-electron chi connectivity index (χ2n) is 5.88. The van der Waals surface area contributed by atoms with Crippen molar-refractivity contribution in [1.29, 1.82) is 0 Å². The Morgan fingerprint density at radius 2 is 1.73 bits per heavy atom. The summed E-state index contributed by atoms with van der Waals surface area (Å²) in [5.41, 5.74) is -0.624. The molecule has 3 rings (SSSR count). The number of halogens is 5. The SMILES string of the molecule is NS(=O)(=O)c1c(F)cc(-c2c(-c3cccc(OC(F)(F)F)c3)noc2CO)cc1F. The molecular weight excluding hydrogens is 439 g/mol. The highest BCUT2D eigenvalue weighted by Gasteiger charge is 2.31. The van der Waals surface area contributed by atoms with Crippen LogP contribution in [0.25, 0.3) is 22.4 Å². The van der Waals surface area contributed by atoms with E-state index in [1.807, 2.05) is 0 Å². The lowest BCUT2D eigenvalue weighted by Crippen LogP contribution is -2.17. The molecule has 0 aliphatic heterocycles. The van der Waals surface area contributed by atoms with E-state index >= 15 is 0 Å². The van der Waals surface area contributed by atoms with Crippen LogP contribution in [-0.4, -0.2) is 25.0 Å². The number of benzene rings is 2. The lowest BCUT2D eigenvalue weighted by Gasteiger charge is -2.10. The third-order valence-corrected chi connectivity index (χ3v) is 4.78. The molecule has 0 bridgehead atoms. The highest BCUT2D eigenvalue weighted by Crippen LogP contribution is 2.38. The smallest absolute Gasteiger partial charge is 0.406 e. The number of rotatable bonds is 5. The van der Waals surface area contributed by atoms with Gasteiger partial charge >= 0.3 is 6.36 Å². The number of aliphatic hydroxyl groups excluding tert-OH is 1. The molecule has 13 heteroatoms. The fourth-order valence-electron chi connectivity index (χ4n) is 2.74. The average Bonchev–Trinajstić information content (AvgIpc) is 3.02. The summed E-state index contributed by atoms with van der Waals surface area (Å²) in [6.45, 7) is -0.777. The van der Waals surface area contributed by atoms with Crippen molar-refractivity contribution in [2.24, 2.45) is 5.14 Å². The number of hydrogen-bond acceptors (Lipinski definition) is 6. The minimum absolute atomic E-state index is 0.00605. The zero-order valence-corrected chi connectivity index (χ0v) is 15.4. The second-order valence-corrected chi connectivity index (χ2v) is 7.38. The van der Waals surface area contributed by atoms with Gasteiger partial charge in [0, 0.05) is 5.56 Å². The van der Waals surface area contributed by atoms with Gasteiger partial charge in [-0.05, 0) is 29.8 Å². The Bertz CT molecular complexity index is 1180. The Kier molecular flexibility index (Phi) is 5.54. The molecule has 0 aliphatic rings. The van der Waals surface area contributed by atoms with Crippen LogP contribution >= 0.6 is 0 Å². The van der Waals surface area contributed by atoms with Crippen molar-refractivity contribution in [3.63, 3.8) is 0 Å². The van der Waals surface area contributed by atoms with E-state index in [4.69, 9.17) is 9.66 Å². The molecule has 1 aromatic heterocycles. The zero-order valence-electron chi connectivity index (χ0n) is 14.6. The number of hydrogen-bond donors (Lipinski definition) is 2. The number of aromatic nitrogens is 1. The summed E-state index contributed by atoms with van der Waals surface area (Å²) in [5, 5.41) is 17.9. The molecule has 0 amide bonds. The van der Waals surface area contributed by atoms with E-state index in [0.717, 1.165) is 12.1 Å². The molecule has 0 aliphatic carbocycles. The molecule has 0 unspecified atom stereocenters. The van der Waals surface area contributed by atoms with E-state index < -0.39 is 45.3 Å². The van der Waals surface area contributed by atoms with Crippen LogP contribution in [0.5, 0.6) is 5.75 Å². The Balaban J connectivity index is 2.18. The molecular formula is C17H11F5N2O5S. The minimum atomic E-state index is -4.96. The van der Waals surface area contributed by atoms with Gasteiger partial charge < -0.3 is 14.4 Å². The number of alkyl halides is 3. The number of sulfonamides is 1. The molecule has 3 aromatic rings. The Morgan fingerprint density at radius 1 is 1.10 bits per heavy atom. The van der Waals surface area contributed by atoms with Gasteiger partial charge in [0.2, 0.25) is 10.0 Å². The molecule has 160 valence electrons. The number of nitrogens with two attached hydrogens (primary N) is 1. The molecule has 0 atom stereocenters. The highest BCUT2D eigenvalue weighted by molar-refractivity contribution is 7.89. The summed E-state index contributed by atoms with van der Waals surface area (Å²) in [4.78, 5) is -1.37. The number of nitrogens with zero attached hydrogens (tertiary/aromatic N) is 1. The summed E-state index contributed by atoms with van der Waals surface area (Å²) in [6, 6.07) is 5.73. The normalized spacial score (nSPS) is 12.2. The molecule has 0 fully saturated rings. The first-order valence-electron chi connectivity index (χ1n) is 7.88. The summed E-state index contributed by atoms with van der Waals surface area (Å²) < 4.78 is 97.4. The largest absolute Gasteiger partial charge is 0.573 e. The average molecular weight is 450 g/mol. The Labute approximate surface area is 165 Å². The van der Waals surface area contributed by atoms with E-state index in [0.29, 0.717) is 12.1 Å². The topological polar surface area (TPSA) is 116 Å². The molecule has 0 radical (unpaired) electrons. The van der Waals surface area contributed by atoms with Crippen molar-refractivity contribution in [1.82, 2.24) is 5.16 Å². The van der Waals surface area contributed by atoms with E-state index in [2.05, 4.69) is 9.89 Å². The van der Waals surface area contributed by atoms with Crippen molar-refractivity contribution >= 4 is 10.0 Å². The molecule has 0 saturated heterocycles. The molecule has 0 spiro atoms. The third kappa shape index (κ3) is 4.42. The first kappa shape index (κ1) is 21.7. The molecule has 30 heavy (non-hydrogen) atoms. The van der Waals surface area contributed by atoms with Crippen LogP contribution < -0.4 is 9.88 Å². The van der Waals surface area contributed by atoms with Gasteiger partial charge in [-0.15, -0.1) is 13.2 Å². The predicted octanol–water partition coefficient (Wildman–Crippen LogP) is 3.33. The Hall–Kier alpha value is -3.03. The zero-order chi connectivity index (χ0) is 22.3. The Morgan fingerprint density at radius 3 is 2.27 bits per heavy atom. The van der Waals surface area contributed by atoms with Crippen LogP contribution in [0.4, 0.5) is 22.0 Å². The standard InChI is InChI=1S/C17H11F5N2O5S/c18-11-5-9(6-12(19)16(11)30(23,26)27)14-13(7-25)29-24-15(14)8-2-1-3-10(4-8)28-17(20,21)22/h1-6,25H,7H2,(H2,23,26,27). The van der Waals surface area contributed by atoms with Crippen LogP contribution in [0.15, 0.2) is 45.8 Å². The van der Waals surface area contributed by atoms with E-state index in [1.54, 1.807) is 0 Å². The van der Waals surface area contributed by atoms with E-state index in [9.17, 15) is 35.5 Å². The van der Waals surface area contributed by atoms with Gasteiger partial charge in [0.1, 0.15) is 29.7 Å². The van der Waals surface area contributed by atoms with Crippen LogP contribution in [0, 0.1) is 11.6 Å². The van der Waals surface area contributed by atoms with Crippen LogP contribution in [0.2, 0.25) is 0 Å². The van der Waals surface area contributed by atoms with Crippen molar-refractivity contribution in [2.75, 3.05) is 0 Å². The fraction of sp³-hybridized carbons (Fsp3) is 0.118. The fourth-order valence-corrected chi connectivity index (χ4v) is 3.40. The van der Waals surface area contributed by atoms with Gasteiger partial charge in [0.05, 0.1) is 5.56 Å². The lowest BCUT2D eigenvalue weighted by molar-refractivity contribution is -0.274. The third-order valence-electron chi connectivity index (χ3n) is 3.82. The second kappa shape index (κ2) is 7.66. The summed E-state index contributed by atoms with van der Waals surface area (Å²) in [5.74, 6) is -3.90. The van der Waals surface area contributed by atoms with Crippen molar-refractivity contribution in [3.8, 4) is 28.1 Å². The first-order valence-corrected chi connectivity index (χ1v) is 9.43. The van der Waals surface area contributed by atoms with Gasteiger partial charge in [0.25, 0.3) is 0 Å². The predicted molar refractivity (Wildman–Crippen MR) is 91.3 cm³/mol. The van der Waals surface area contributed by atoms with Crippen molar-refractivity contribution < 1.29 is 44.7 Å². The number of ether oxygens (including phenoxy) is 1. The van der Waals surface area contributed by atoms with Crippen LogP contribution in [0.1, 0.15) is 5.76 Å². The quantitative estimate of drug-likeness (QED) is 0.577. The van der Waals surface area contributed by atoms with Gasteiger partial charge in [0.15, 0.2) is 10.7 Å². The van der Waals surface area contributed by atoms with Gasteiger partial charge in [-0.25, -0.2) is 22.3 Å². The van der Waals surface area contributed by atoms with Crippen molar-refractivity contribution in [3.05, 3.63) is 53.8 Å². The van der Waals surface area contributed by atoms with E-state index in [1.165, 1.54) is 12.1 Å². The van der Waals surface area contributed by atoms with E-state index in [-0.39, 0.29) is 28.1 Å². The maximum atomic E-state index is 14.3. The molecule has 3 N–H and O–H groups in total. The summed E-state index contributed by atoms with van der Waals surface area (Å²) in [7, 11) is -4.71. The molecule has 7 nitrogen and oxygen atoms in total. The maximum Gasteiger partial charge on any atom is 0.573 e. The highest BCUT2D eigenvalue weighted by atomic mass is 32.2.